The average Bonchev–Trinajstić information content (AvgIpc) is 3.62. The van der Waals surface area contributed by atoms with Crippen LogP contribution in [-0.4, -0.2) is 95.2 Å². The molecular weight excluding hydrogens is 596 g/mol. The number of piperidine rings is 1. The Bertz CT molecular complexity index is 1390. The van der Waals surface area contributed by atoms with Crippen LogP contribution in [0.25, 0.3) is 10.2 Å². The summed E-state index contributed by atoms with van der Waals surface area (Å²) in [4.78, 5) is 23.0. The second kappa shape index (κ2) is 12.9. The molecule has 14 heteroatoms. The van der Waals surface area contributed by atoms with Gasteiger partial charge in [0.25, 0.3) is 10.0 Å². The van der Waals surface area contributed by atoms with Gasteiger partial charge in [0.1, 0.15) is 25.9 Å². The van der Waals surface area contributed by atoms with Crippen LogP contribution >= 0.6 is 34.3 Å². The number of hydrogen-bond acceptors (Lipinski definition) is 10. The van der Waals surface area contributed by atoms with E-state index in [0.29, 0.717) is 45.9 Å². The summed E-state index contributed by atoms with van der Waals surface area (Å²) in [6, 6.07) is 6.77. The fourth-order valence-corrected chi connectivity index (χ4v) is 9.31. The molecule has 4 heterocycles. The van der Waals surface area contributed by atoms with E-state index >= 15 is 0 Å². The monoisotopic (exact) mass is 628 g/mol. The molecule has 0 bridgehead atoms. The summed E-state index contributed by atoms with van der Waals surface area (Å²) in [5, 5.41) is 0.591. The molecule has 0 spiro atoms. The smallest absolute Gasteiger partial charge is 0.252 e. The van der Waals surface area contributed by atoms with Crippen molar-refractivity contribution in [2.75, 3.05) is 71.6 Å². The summed E-state index contributed by atoms with van der Waals surface area (Å²) in [5.41, 5.74) is 0.656. The number of halogens is 1. The number of nitrogens with zero attached hydrogens (tertiary/aromatic N) is 4. The molecule has 0 N–H and O–H groups in total. The number of sulfonamides is 1. The van der Waals surface area contributed by atoms with Gasteiger partial charge < -0.3 is 14.2 Å². The highest BCUT2D eigenvalue weighted by Crippen LogP contribution is 2.41. The zero-order chi connectivity index (χ0) is 28.3. The van der Waals surface area contributed by atoms with Crippen LogP contribution in [-0.2, 0) is 19.6 Å². The zero-order valence-electron chi connectivity index (χ0n) is 22.5. The second-order valence-electron chi connectivity index (χ2n) is 9.68. The van der Waals surface area contributed by atoms with Gasteiger partial charge in [0.05, 0.1) is 31.8 Å². The van der Waals surface area contributed by atoms with E-state index in [0.717, 1.165) is 55.3 Å². The van der Waals surface area contributed by atoms with E-state index in [-0.39, 0.29) is 29.1 Å². The maximum absolute atomic E-state index is 14.0. The quantitative estimate of drug-likeness (QED) is 0.330. The summed E-state index contributed by atoms with van der Waals surface area (Å²) >= 11 is 8.43. The maximum Gasteiger partial charge on any atom is 0.252 e. The van der Waals surface area contributed by atoms with Crippen molar-refractivity contribution >= 4 is 65.6 Å². The van der Waals surface area contributed by atoms with E-state index in [1.807, 2.05) is 12.1 Å². The number of morpholine rings is 1. The Hall–Kier alpha value is -2.00. The Kier molecular flexibility index (Phi) is 9.50. The van der Waals surface area contributed by atoms with Crippen LogP contribution in [0.4, 0.5) is 5.13 Å². The Morgan fingerprint density at radius 3 is 2.42 bits per heavy atom. The number of methoxy groups -OCH3 is 2. The first-order valence-corrected chi connectivity index (χ1v) is 16.7. The Morgan fingerprint density at radius 2 is 1.77 bits per heavy atom. The molecule has 0 aliphatic carbocycles. The molecule has 2 fully saturated rings. The van der Waals surface area contributed by atoms with Crippen molar-refractivity contribution in [2.45, 2.75) is 23.5 Å². The van der Waals surface area contributed by atoms with Gasteiger partial charge in [-0.3, -0.25) is 14.6 Å². The number of aromatic nitrogens is 1. The summed E-state index contributed by atoms with van der Waals surface area (Å²) in [5.74, 6) is 0.950. The molecule has 0 radical (unpaired) electrons. The Balaban J connectivity index is 1.35. The van der Waals surface area contributed by atoms with Crippen molar-refractivity contribution in [3.05, 3.63) is 28.6 Å². The van der Waals surface area contributed by atoms with Gasteiger partial charge in [-0.05, 0) is 43.5 Å². The van der Waals surface area contributed by atoms with Gasteiger partial charge in [-0.2, -0.15) is 4.31 Å². The highest BCUT2D eigenvalue weighted by atomic mass is 35.5. The minimum Gasteiger partial charge on any atom is -0.495 e. The fraction of sp³-hybridized carbons (Fsp3) is 0.538. The van der Waals surface area contributed by atoms with E-state index in [1.165, 1.54) is 21.7 Å². The van der Waals surface area contributed by atoms with Gasteiger partial charge in [-0.1, -0.05) is 22.9 Å². The van der Waals surface area contributed by atoms with E-state index < -0.39 is 10.0 Å². The van der Waals surface area contributed by atoms with Crippen LogP contribution in [0.5, 0.6) is 11.5 Å². The highest BCUT2D eigenvalue weighted by Gasteiger charge is 2.36. The predicted molar refractivity (Wildman–Crippen MR) is 158 cm³/mol. The number of hydrogen-bond donors (Lipinski definition) is 0. The highest BCUT2D eigenvalue weighted by molar-refractivity contribution is 7.91. The molecule has 3 aromatic rings. The molecule has 0 saturated carbocycles. The molecule has 1 aromatic carbocycles. The third kappa shape index (κ3) is 6.25. The summed E-state index contributed by atoms with van der Waals surface area (Å²) in [6.45, 7) is 5.11. The normalized spacial score (nSPS) is 17.8. The minimum absolute atomic E-state index is 0.0322. The SMILES string of the molecule is COc1ccc(OC)c2sc(N(CCCN3CCOCC3)C(=O)C3CCN(S(=O)(=O)c4ccc(Cl)s4)CC3)nc12. The molecule has 0 unspecified atom stereocenters. The van der Waals surface area contributed by atoms with Gasteiger partial charge in [0.15, 0.2) is 5.13 Å². The number of carbonyl (C=O) groups excluding carboxylic acids is 1. The lowest BCUT2D eigenvalue weighted by molar-refractivity contribution is -0.123. The van der Waals surface area contributed by atoms with Crippen LogP contribution in [0.15, 0.2) is 28.5 Å². The van der Waals surface area contributed by atoms with Crippen molar-refractivity contribution in [1.29, 1.82) is 0 Å². The average molecular weight is 629 g/mol. The van der Waals surface area contributed by atoms with Crippen LogP contribution in [0.2, 0.25) is 4.34 Å². The van der Waals surface area contributed by atoms with Gasteiger partial charge in [0, 0.05) is 45.2 Å². The second-order valence-corrected chi connectivity index (χ2v) is 14.5. The standard InChI is InChI=1S/C26H33ClN4O6S3/c1-35-19-4-5-20(36-2)24-23(19)28-26(39-24)31(11-3-10-29-14-16-37-17-15-29)25(32)18-8-12-30(13-9-18)40(33,34)22-7-6-21(27)38-22/h4-7,18H,3,8-17H2,1-2H3. The van der Waals surface area contributed by atoms with Gasteiger partial charge in [-0.15, -0.1) is 11.3 Å². The zero-order valence-corrected chi connectivity index (χ0v) is 25.7. The Labute approximate surface area is 247 Å². The van der Waals surface area contributed by atoms with Crippen molar-refractivity contribution < 1.29 is 27.4 Å². The molecule has 1 amide bonds. The molecule has 2 aromatic heterocycles. The number of ether oxygens (including phenoxy) is 3. The molecule has 40 heavy (non-hydrogen) atoms. The third-order valence-corrected chi connectivity index (χ3v) is 12.0. The van der Waals surface area contributed by atoms with Crippen molar-refractivity contribution in [2.24, 2.45) is 5.92 Å². The lowest BCUT2D eigenvalue weighted by atomic mass is 9.96. The molecule has 218 valence electrons. The number of thiazole rings is 1. The third-order valence-electron chi connectivity index (χ3n) is 7.30. The first kappa shape index (κ1) is 29.5. The van der Waals surface area contributed by atoms with Crippen LogP contribution < -0.4 is 14.4 Å². The first-order chi connectivity index (χ1) is 19.3. The predicted octanol–water partition coefficient (Wildman–Crippen LogP) is 4.18. The minimum atomic E-state index is -3.63. The molecule has 2 saturated heterocycles. The number of anilines is 1. The van der Waals surface area contributed by atoms with Crippen molar-refractivity contribution in [3.63, 3.8) is 0 Å². The maximum atomic E-state index is 14.0. The number of rotatable bonds is 10. The van der Waals surface area contributed by atoms with E-state index in [4.69, 9.17) is 30.8 Å². The summed E-state index contributed by atoms with van der Waals surface area (Å²) in [6.07, 6.45) is 1.66. The van der Waals surface area contributed by atoms with Crippen molar-refractivity contribution in [3.8, 4) is 11.5 Å². The fourth-order valence-electron chi connectivity index (χ4n) is 5.09. The van der Waals surface area contributed by atoms with Gasteiger partial charge in [-0.25, -0.2) is 13.4 Å². The number of thiophene rings is 1. The molecule has 0 atom stereocenters. The topological polar surface area (TPSA) is 102 Å². The van der Waals surface area contributed by atoms with Gasteiger partial charge >= 0.3 is 0 Å². The van der Waals surface area contributed by atoms with Crippen LogP contribution in [0.3, 0.4) is 0 Å². The number of amides is 1. The first-order valence-electron chi connectivity index (χ1n) is 13.2. The lowest BCUT2D eigenvalue weighted by Gasteiger charge is -2.33. The van der Waals surface area contributed by atoms with Gasteiger partial charge in [0.2, 0.25) is 5.91 Å². The summed E-state index contributed by atoms with van der Waals surface area (Å²) in [7, 11) is -0.430. The Morgan fingerprint density at radius 1 is 1.07 bits per heavy atom. The van der Waals surface area contributed by atoms with E-state index in [1.54, 1.807) is 25.2 Å². The molecule has 2 aliphatic rings. The molecule has 2 aliphatic heterocycles. The molecule has 10 nitrogen and oxygen atoms in total. The lowest BCUT2D eigenvalue weighted by Crippen LogP contribution is -2.45. The van der Waals surface area contributed by atoms with E-state index in [2.05, 4.69) is 4.90 Å². The summed E-state index contributed by atoms with van der Waals surface area (Å²) < 4.78 is 45.7. The van der Waals surface area contributed by atoms with Crippen molar-refractivity contribution in [1.82, 2.24) is 14.2 Å². The number of benzene rings is 1. The molecule has 5 rings (SSSR count). The van der Waals surface area contributed by atoms with Crippen LogP contribution in [0, 0.1) is 5.92 Å². The van der Waals surface area contributed by atoms with E-state index in [9.17, 15) is 13.2 Å². The number of fused-ring (bicyclic) bond motifs is 1. The number of carbonyl (C=O) groups is 1. The van der Waals surface area contributed by atoms with Crippen LogP contribution in [0.1, 0.15) is 19.3 Å². The largest absolute Gasteiger partial charge is 0.495 e. The molecular formula is C26H33ClN4O6S3.